The van der Waals surface area contributed by atoms with Gasteiger partial charge in [-0.2, -0.15) is 0 Å². The molecule has 0 atom stereocenters. The standard InChI is InChI=1S/C2H3Cl3/c3-1-2(4)5/h2H,1H2/i1D2,2D. The molecular weight excluding hydrogens is 130 g/mol. The first-order valence-corrected chi connectivity index (χ1v) is 1.95. The summed E-state index contributed by atoms with van der Waals surface area (Å²) in [7, 11) is 0. The van der Waals surface area contributed by atoms with Crippen LogP contribution in [-0.4, -0.2) is 10.6 Å². The van der Waals surface area contributed by atoms with Crippen LogP contribution in [0.1, 0.15) is 4.11 Å². The van der Waals surface area contributed by atoms with Crippen LogP contribution < -0.4 is 0 Å². The van der Waals surface area contributed by atoms with E-state index in [1.165, 1.54) is 0 Å². The topological polar surface area (TPSA) is 0 Å². The molecule has 0 aliphatic heterocycles. The summed E-state index contributed by atoms with van der Waals surface area (Å²) in [5.41, 5.74) is 0. The summed E-state index contributed by atoms with van der Waals surface area (Å²) in [6.45, 7) is 0. The van der Waals surface area contributed by atoms with Gasteiger partial charge in [-0.05, 0) is 0 Å². The molecule has 0 aromatic carbocycles. The van der Waals surface area contributed by atoms with Crippen LogP contribution in [-0.2, 0) is 0 Å². The Morgan fingerprint density at radius 3 is 2.20 bits per heavy atom. The van der Waals surface area contributed by atoms with Gasteiger partial charge in [0.2, 0.25) is 0 Å². The van der Waals surface area contributed by atoms with E-state index in [4.69, 9.17) is 38.9 Å². The van der Waals surface area contributed by atoms with Gasteiger partial charge in [0.05, 0.1) is 7.20 Å². The highest BCUT2D eigenvalue weighted by Gasteiger charge is 1.88. The first-order valence-electron chi connectivity index (χ1n) is 2.32. The van der Waals surface area contributed by atoms with Gasteiger partial charge in [-0.25, -0.2) is 0 Å². The third-order valence-electron chi connectivity index (χ3n) is 0.0714. The fourth-order valence-corrected chi connectivity index (χ4v) is 0. The van der Waals surface area contributed by atoms with Crippen LogP contribution in [0, 0.1) is 0 Å². The zero-order chi connectivity index (χ0) is 7.00. The molecule has 0 rings (SSSR count). The van der Waals surface area contributed by atoms with E-state index in [2.05, 4.69) is 0 Å². The second-order valence-corrected chi connectivity index (χ2v) is 1.49. The van der Waals surface area contributed by atoms with Crippen LogP contribution in [0.2, 0.25) is 0 Å². The van der Waals surface area contributed by atoms with E-state index in [0.29, 0.717) is 0 Å². The van der Waals surface area contributed by atoms with E-state index < -0.39 is 10.6 Å². The molecule has 0 aliphatic rings. The molecule has 0 saturated carbocycles. The fourth-order valence-electron chi connectivity index (χ4n) is 0. The molecule has 0 N–H and O–H groups in total. The van der Waals surface area contributed by atoms with Crippen molar-refractivity contribution in [1.82, 2.24) is 0 Å². The molecule has 0 spiro atoms. The van der Waals surface area contributed by atoms with E-state index in [-0.39, 0.29) is 0 Å². The lowest BCUT2D eigenvalue weighted by Gasteiger charge is -1.82. The predicted octanol–water partition coefficient (Wildman–Crippen LogP) is 2.03. The van der Waals surface area contributed by atoms with Crippen LogP contribution >= 0.6 is 34.8 Å². The molecule has 0 aromatic rings. The van der Waals surface area contributed by atoms with Crippen molar-refractivity contribution in [2.75, 3.05) is 5.83 Å². The van der Waals surface area contributed by atoms with Crippen LogP contribution in [0.25, 0.3) is 0 Å². The van der Waals surface area contributed by atoms with Gasteiger partial charge >= 0.3 is 0 Å². The molecule has 0 bridgehead atoms. The maximum Gasteiger partial charge on any atom is 0.121 e. The lowest BCUT2D eigenvalue weighted by molar-refractivity contribution is 1.40. The zero-order valence-electron chi connectivity index (χ0n) is 5.13. The minimum Gasteiger partial charge on any atom is -0.124 e. The molecule has 0 unspecified atom stereocenters. The largest absolute Gasteiger partial charge is 0.124 e. The molecule has 0 aromatic heterocycles. The molecule has 0 saturated heterocycles. The van der Waals surface area contributed by atoms with Gasteiger partial charge in [0.25, 0.3) is 0 Å². The van der Waals surface area contributed by atoms with Crippen LogP contribution in [0.5, 0.6) is 0 Å². The Kier molecular flexibility index (Phi) is 1.38. The first kappa shape index (κ1) is 2.25. The van der Waals surface area contributed by atoms with Gasteiger partial charge in [-0.15, -0.1) is 34.8 Å². The summed E-state index contributed by atoms with van der Waals surface area (Å²) in [5.74, 6) is -2.39. The monoisotopic (exact) mass is 135 g/mol. The van der Waals surface area contributed by atoms with Crippen molar-refractivity contribution in [1.29, 1.82) is 0 Å². The molecule has 0 heterocycles. The highest BCUT2D eigenvalue weighted by Crippen LogP contribution is 2.01. The van der Waals surface area contributed by atoms with Crippen LogP contribution in [0.4, 0.5) is 0 Å². The summed E-state index contributed by atoms with van der Waals surface area (Å²) in [6.07, 6.45) is 0. The molecule has 0 amide bonds. The Morgan fingerprint density at radius 2 is 2.20 bits per heavy atom. The molecular formula is C2H3Cl3. The lowest BCUT2D eigenvalue weighted by Crippen LogP contribution is -1.82. The molecule has 0 fully saturated rings. The first-order chi connectivity index (χ1) is 3.25. The third-order valence-corrected chi connectivity index (χ3v) is 0.643. The Morgan fingerprint density at radius 1 is 2.00 bits per heavy atom. The normalized spacial score (nSPS) is 23.4. The highest BCUT2D eigenvalue weighted by molar-refractivity contribution is 6.47. The quantitative estimate of drug-likeness (QED) is 0.484. The summed E-state index contributed by atoms with van der Waals surface area (Å²) >= 11 is 14.8. The van der Waals surface area contributed by atoms with Crippen molar-refractivity contribution in [3.63, 3.8) is 0 Å². The van der Waals surface area contributed by atoms with Crippen LogP contribution in [0.15, 0.2) is 0 Å². The fraction of sp³-hybridized carbons (Fsp3) is 1.00. The smallest absolute Gasteiger partial charge is 0.121 e. The minimum atomic E-state index is -2.39. The van der Waals surface area contributed by atoms with Gasteiger partial charge in [-0.1, -0.05) is 0 Å². The Labute approximate surface area is 50.2 Å². The minimum absolute atomic E-state index is 2.27. The number of halogens is 3. The van der Waals surface area contributed by atoms with E-state index in [0.717, 1.165) is 0 Å². The maximum atomic E-state index is 6.61. The van der Waals surface area contributed by atoms with E-state index in [9.17, 15) is 0 Å². The van der Waals surface area contributed by atoms with E-state index in [1.807, 2.05) is 0 Å². The predicted molar refractivity (Wildman–Crippen MR) is 26.2 cm³/mol. The summed E-state index contributed by atoms with van der Waals surface area (Å²) in [4.78, 5) is -2.27. The Balaban J connectivity index is 4.02. The number of rotatable bonds is 1. The van der Waals surface area contributed by atoms with Crippen molar-refractivity contribution in [2.45, 2.75) is 4.81 Å². The van der Waals surface area contributed by atoms with Gasteiger partial charge in [0, 0.05) is 2.74 Å². The van der Waals surface area contributed by atoms with Crippen molar-refractivity contribution in [2.24, 2.45) is 0 Å². The average molecular weight is 136 g/mol. The van der Waals surface area contributed by atoms with Crippen molar-refractivity contribution >= 4 is 34.8 Å². The van der Waals surface area contributed by atoms with E-state index >= 15 is 0 Å². The average Bonchev–Trinajstić information content (AvgIpc) is 1.25. The molecule has 5 heavy (non-hydrogen) atoms. The molecule has 0 nitrogen and oxygen atoms in total. The lowest BCUT2D eigenvalue weighted by atomic mass is 10.9. The van der Waals surface area contributed by atoms with Crippen molar-refractivity contribution in [3.05, 3.63) is 0 Å². The van der Waals surface area contributed by atoms with Crippen molar-refractivity contribution in [3.8, 4) is 0 Å². The van der Waals surface area contributed by atoms with E-state index in [1.54, 1.807) is 0 Å². The number of alkyl halides is 3. The summed E-state index contributed by atoms with van der Waals surface area (Å²) < 4.78 is 19.7. The summed E-state index contributed by atoms with van der Waals surface area (Å²) in [6, 6.07) is 0. The second kappa shape index (κ2) is 3.08. The van der Waals surface area contributed by atoms with Gasteiger partial charge in [0.15, 0.2) is 0 Å². The number of hydrogen-bond donors (Lipinski definition) is 0. The SMILES string of the molecule is [2H]C([2H])(Cl)C([2H])(Cl)Cl. The van der Waals surface area contributed by atoms with Crippen molar-refractivity contribution < 1.29 is 4.11 Å². The highest BCUT2D eigenvalue weighted by atomic mass is 35.5. The van der Waals surface area contributed by atoms with Gasteiger partial charge < -0.3 is 0 Å². The molecule has 32 valence electrons. The Bertz CT molecular complexity index is 67.5. The second-order valence-electron chi connectivity index (χ2n) is 0.355. The molecule has 0 radical (unpaired) electrons. The van der Waals surface area contributed by atoms with Gasteiger partial charge in [0.1, 0.15) is 4.81 Å². The Hall–Kier alpha value is 0.870. The maximum absolute atomic E-state index is 6.61. The number of hydrogen-bond acceptors (Lipinski definition) is 0. The third kappa shape index (κ3) is 4.87. The molecule has 0 aliphatic carbocycles. The van der Waals surface area contributed by atoms with Crippen LogP contribution in [0.3, 0.4) is 0 Å². The summed E-state index contributed by atoms with van der Waals surface area (Å²) in [5, 5.41) is 0. The zero-order valence-corrected chi connectivity index (χ0v) is 4.40. The molecule has 3 heteroatoms. The van der Waals surface area contributed by atoms with Gasteiger partial charge in [-0.3, -0.25) is 0 Å².